The molecule has 0 atom stereocenters. The molecule has 2 aromatic rings. The number of aryl methyl sites for hydroxylation is 2. The maximum atomic E-state index is 5.54. The summed E-state index contributed by atoms with van der Waals surface area (Å²) >= 11 is 1.73. The Kier molecular flexibility index (Phi) is 4.98. The first-order valence-electron chi connectivity index (χ1n) is 6.66. The van der Waals surface area contributed by atoms with Crippen molar-refractivity contribution in [2.75, 3.05) is 5.43 Å². The largest absolute Gasteiger partial charge is 0.308 e. The van der Waals surface area contributed by atoms with E-state index in [9.17, 15) is 0 Å². The zero-order valence-corrected chi connectivity index (χ0v) is 12.9. The van der Waals surface area contributed by atoms with Crippen LogP contribution in [-0.4, -0.2) is 9.97 Å². The van der Waals surface area contributed by atoms with Crippen LogP contribution in [0.2, 0.25) is 0 Å². The average Bonchev–Trinajstić information content (AvgIpc) is 2.46. The van der Waals surface area contributed by atoms with Gasteiger partial charge in [0.25, 0.3) is 0 Å². The summed E-state index contributed by atoms with van der Waals surface area (Å²) in [5, 5.41) is 0. The highest BCUT2D eigenvalue weighted by Crippen LogP contribution is 2.23. The molecule has 0 aliphatic carbocycles. The Hall–Kier alpha value is -1.59. The Balaban J connectivity index is 2.13. The predicted molar refractivity (Wildman–Crippen MR) is 84.7 cm³/mol. The molecule has 0 saturated carbocycles. The Morgan fingerprint density at radius 1 is 1.15 bits per heavy atom. The van der Waals surface area contributed by atoms with E-state index < -0.39 is 0 Å². The summed E-state index contributed by atoms with van der Waals surface area (Å²) in [5.74, 6) is 7.82. The van der Waals surface area contributed by atoms with E-state index >= 15 is 0 Å². The molecule has 0 aliphatic rings. The van der Waals surface area contributed by atoms with Crippen LogP contribution in [0, 0.1) is 13.8 Å². The van der Waals surface area contributed by atoms with Gasteiger partial charge in [-0.05, 0) is 32.4 Å². The molecule has 0 amide bonds. The first-order chi connectivity index (χ1) is 9.63. The van der Waals surface area contributed by atoms with Crippen molar-refractivity contribution in [3.63, 3.8) is 0 Å². The zero-order valence-electron chi connectivity index (χ0n) is 12.1. The maximum absolute atomic E-state index is 5.54. The van der Waals surface area contributed by atoms with Gasteiger partial charge in [-0.1, -0.05) is 24.6 Å². The minimum Gasteiger partial charge on any atom is -0.308 e. The second kappa shape index (κ2) is 6.72. The van der Waals surface area contributed by atoms with Gasteiger partial charge >= 0.3 is 0 Å². The van der Waals surface area contributed by atoms with Crippen LogP contribution in [0.3, 0.4) is 0 Å². The van der Waals surface area contributed by atoms with E-state index in [2.05, 4.69) is 53.5 Å². The lowest BCUT2D eigenvalue weighted by molar-refractivity contribution is 0.935. The number of benzene rings is 1. The summed E-state index contributed by atoms with van der Waals surface area (Å²) in [6, 6.07) is 8.47. The van der Waals surface area contributed by atoms with Crippen molar-refractivity contribution in [3.8, 4) is 0 Å². The van der Waals surface area contributed by atoms with Gasteiger partial charge in [0.15, 0.2) is 0 Å². The van der Waals surface area contributed by atoms with Gasteiger partial charge in [0, 0.05) is 16.2 Å². The quantitative estimate of drug-likeness (QED) is 0.502. The molecule has 4 nitrogen and oxygen atoms in total. The topological polar surface area (TPSA) is 63.8 Å². The van der Waals surface area contributed by atoms with Crippen molar-refractivity contribution < 1.29 is 0 Å². The average molecular weight is 288 g/mol. The van der Waals surface area contributed by atoms with Gasteiger partial charge in [-0.2, -0.15) is 0 Å². The summed E-state index contributed by atoms with van der Waals surface area (Å²) in [7, 11) is 0. The molecule has 1 aromatic heterocycles. The number of hydrazine groups is 1. The summed E-state index contributed by atoms with van der Waals surface area (Å²) in [6.07, 6.45) is 0.872. The molecular weight excluding hydrogens is 268 g/mol. The molecule has 0 unspecified atom stereocenters. The van der Waals surface area contributed by atoms with Gasteiger partial charge in [-0.15, -0.1) is 11.8 Å². The third-order valence-corrected chi connectivity index (χ3v) is 4.15. The van der Waals surface area contributed by atoms with Crippen LogP contribution in [-0.2, 0) is 12.2 Å². The number of anilines is 1. The number of nitrogens with zero attached hydrogens (tertiary/aromatic N) is 2. The van der Waals surface area contributed by atoms with Gasteiger partial charge in [0.2, 0.25) is 0 Å². The van der Waals surface area contributed by atoms with Crippen LogP contribution in [0.15, 0.2) is 29.2 Å². The molecule has 1 heterocycles. The van der Waals surface area contributed by atoms with E-state index in [-0.39, 0.29) is 0 Å². The van der Waals surface area contributed by atoms with E-state index in [0.717, 1.165) is 35.1 Å². The predicted octanol–water partition coefficient (Wildman–Crippen LogP) is 3.23. The van der Waals surface area contributed by atoms with Gasteiger partial charge in [-0.3, -0.25) is 0 Å². The lowest BCUT2D eigenvalue weighted by Crippen LogP contribution is -2.14. The normalized spacial score (nSPS) is 10.6. The number of aromatic nitrogens is 2. The SMILES string of the molecule is CCc1c(C)nc(CSc2ccc(C)cc2)nc1NN. The number of nitrogens with one attached hydrogen (secondary N) is 1. The van der Waals surface area contributed by atoms with Crippen molar-refractivity contribution in [1.29, 1.82) is 0 Å². The minimum absolute atomic E-state index is 0.736. The summed E-state index contributed by atoms with van der Waals surface area (Å²) in [4.78, 5) is 10.3. The second-order valence-electron chi connectivity index (χ2n) is 4.65. The van der Waals surface area contributed by atoms with Crippen LogP contribution < -0.4 is 11.3 Å². The molecule has 0 radical (unpaired) electrons. The van der Waals surface area contributed by atoms with Crippen LogP contribution >= 0.6 is 11.8 Å². The molecule has 0 saturated heterocycles. The molecule has 0 spiro atoms. The fourth-order valence-corrected chi connectivity index (χ4v) is 2.80. The summed E-state index contributed by atoms with van der Waals surface area (Å²) in [5.41, 5.74) is 6.02. The van der Waals surface area contributed by atoms with E-state index in [1.165, 1.54) is 10.5 Å². The van der Waals surface area contributed by atoms with Crippen molar-refractivity contribution >= 4 is 17.6 Å². The fourth-order valence-electron chi connectivity index (χ4n) is 2.04. The fraction of sp³-hybridized carbons (Fsp3) is 0.333. The monoisotopic (exact) mass is 288 g/mol. The van der Waals surface area contributed by atoms with Crippen molar-refractivity contribution in [2.45, 2.75) is 37.8 Å². The number of rotatable bonds is 5. The minimum atomic E-state index is 0.736. The van der Waals surface area contributed by atoms with Crippen LogP contribution in [0.1, 0.15) is 29.6 Å². The number of hydrogen-bond acceptors (Lipinski definition) is 5. The molecular formula is C15H20N4S. The van der Waals surface area contributed by atoms with E-state index in [0.29, 0.717) is 0 Å². The first-order valence-corrected chi connectivity index (χ1v) is 7.65. The molecule has 5 heteroatoms. The molecule has 20 heavy (non-hydrogen) atoms. The van der Waals surface area contributed by atoms with Crippen LogP contribution in [0.5, 0.6) is 0 Å². The van der Waals surface area contributed by atoms with E-state index in [1.54, 1.807) is 11.8 Å². The van der Waals surface area contributed by atoms with Gasteiger partial charge in [-0.25, -0.2) is 15.8 Å². The highest BCUT2D eigenvalue weighted by Gasteiger charge is 2.09. The second-order valence-corrected chi connectivity index (χ2v) is 5.70. The lowest BCUT2D eigenvalue weighted by atomic mass is 10.2. The lowest BCUT2D eigenvalue weighted by Gasteiger charge is -2.11. The van der Waals surface area contributed by atoms with E-state index in [4.69, 9.17) is 5.84 Å². The van der Waals surface area contributed by atoms with Gasteiger partial charge in [0.05, 0.1) is 5.75 Å². The van der Waals surface area contributed by atoms with Crippen molar-refractivity contribution in [3.05, 3.63) is 46.9 Å². The zero-order chi connectivity index (χ0) is 14.5. The molecule has 3 N–H and O–H groups in total. The number of nitrogens with two attached hydrogens (primary N) is 1. The first kappa shape index (κ1) is 14.8. The smallest absolute Gasteiger partial charge is 0.147 e. The third kappa shape index (κ3) is 3.49. The third-order valence-electron chi connectivity index (χ3n) is 3.14. The highest BCUT2D eigenvalue weighted by atomic mass is 32.2. The molecule has 0 aliphatic heterocycles. The Labute approximate surface area is 124 Å². The summed E-state index contributed by atoms with van der Waals surface area (Å²) < 4.78 is 0. The molecule has 106 valence electrons. The number of thioether (sulfide) groups is 1. The summed E-state index contributed by atoms with van der Waals surface area (Å²) in [6.45, 7) is 6.16. The standard InChI is InChI=1S/C15H20N4S/c1-4-13-11(3)17-14(18-15(13)19-16)9-20-12-7-5-10(2)6-8-12/h5-8H,4,9,16H2,1-3H3,(H,17,18,19). The van der Waals surface area contributed by atoms with E-state index in [1.807, 2.05) is 6.92 Å². The van der Waals surface area contributed by atoms with Gasteiger partial charge < -0.3 is 5.43 Å². The Morgan fingerprint density at radius 2 is 1.85 bits per heavy atom. The van der Waals surface area contributed by atoms with Crippen LogP contribution in [0.4, 0.5) is 5.82 Å². The molecule has 0 fully saturated rings. The molecule has 2 rings (SSSR count). The Morgan fingerprint density at radius 3 is 2.45 bits per heavy atom. The molecule has 1 aromatic carbocycles. The number of nitrogen functional groups attached to an aromatic ring is 1. The van der Waals surface area contributed by atoms with Crippen LogP contribution in [0.25, 0.3) is 0 Å². The molecule has 0 bridgehead atoms. The maximum Gasteiger partial charge on any atom is 0.147 e. The number of hydrogen-bond donors (Lipinski definition) is 2. The Bertz CT molecular complexity index is 581. The van der Waals surface area contributed by atoms with Crippen molar-refractivity contribution in [1.82, 2.24) is 9.97 Å². The van der Waals surface area contributed by atoms with Crippen molar-refractivity contribution in [2.24, 2.45) is 5.84 Å². The van der Waals surface area contributed by atoms with Gasteiger partial charge in [0.1, 0.15) is 11.6 Å². The highest BCUT2D eigenvalue weighted by molar-refractivity contribution is 7.98.